The van der Waals surface area contributed by atoms with Crippen molar-refractivity contribution in [3.8, 4) is 5.88 Å². The van der Waals surface area contributed by atoms with Crippen molar-refractivity contribution in [1.82, 2.24) is 15.3 Å². The van der Waals surface area contributed by atoms with Gasteiger partial charge in [-0.15, -0.1) is 0 Å². The number of methoxy groups -OCH3 is 1. The molecule has 7 heteroatoms. The van der Waals surface area contributed by atoms with E-state index in [1.807, 2.05) is 12.1 Å². The number of aromatic nitrogens is 2. The molecule has 1 atom stereocenters. The Bertz CT molecular complexity index is 1000. The summed E-state index contributed by atoms with van der Waals surface area (Å²) in [5.74, 6) is 0.112. The van der Waals surface area contributed by atoms with Gasteiger partial charge in [-0.3, -0.25) is 4.79 Å². The number of pyridine rings is 2. The van der Waals surface area contributed by atoms with Crippen LogP contribution in [0.4, 0.5) is 4.39 Å². The average Bonchev–Trinajstić information content (AvgIpc) is 2.78. The summed E-state index contributed by atoms with van der Waals surface area (Å²) in [5, 5.41) is 3.65. The Morgan fingerprint density at radius 3 is 2.70 bits per heavy atom. The second-order valence-electron chi connectivity index (χ2n) is 6.97. The Labute approximate surface area is 175 Å². The molecule has 0 aliphatic carbocycles. The molecule has 0 radical (unpaired) electrons. The molecule has 1 N–H and O–H groups in total. The van der Waals surface area contributed by atoms with Crippen LogP contribution < -0.4 is 10.1 Å². The lowest BCUT2D eigenvalue weighted by atomic mass is 9.99. The fourth-order valence-electron chi connectivity index (χ4n) is 3.47. The van der Waals surface area contributed by atoms with Crippen molar-refractivity contribution in [1.29, 1.82) is 0 Å². The summed E-state index contributed by atoms with van der Waals surface area (Å²) in [6, 6.07) is 12.1. The SMILES string of the molecule is C.COc1ccc(C(F)c2cc(C(=O)NC3CCOCC3)nc3ccccc23)cn1. The molecule has 3 aromatic rings. The number of hydrogen-bond acceptors (Lipinski definition) is 5. The maximum absolute atomic E-state index is 15.5. The summed E-state index contributed by atoms with van der Waals surface area (Å²) >= 11 is 0. The first-order valence-electron chi connectivity index (χ1n) is 9.58. The van der Waals surface area contributed by atoms with Crippen LogP contribution in [0.2, 0.25) is 0 Å². The fraction of sp³-hybridized carbons (Fsp3) is 0.348. The van der Waals surface area contributed by atoms with Crippen molar-refractivity contribution in [2.75, 3.05) is 20.3 Å². The van der Waals surface area contributed by atoms with Gasteiger partial charge in [0.1, 0.15) is 5.69 Å². The largest absolute Gasteiger partial charge is 0.481 e. The highest BCUT2D eigenvalue weighted by Crippen LogP contribution is 2.32. The summed E-state index contributed by atoms with van der Waals surface area (Å²) in [4.78, 5) is 21.3. The minimum atomic E-state index is -1.45. The van der Waals surface area contributed by atoms with Crippen LogP contribution in [0.25, 0.3) is 10.9 Å². The van der Waals surface area contributed by atoms with E-state index in [1.54, 1.807) is 24.3 Å². The molecule has 1 aliphatic rings. The highest BCUT2D eigenvalue weighted by atomic mass is 19.1. The van der Waals surface area contributed by atoms with Gasteiger partial charge in [-0.2, -0.15) is 0 Å². The molecule has 0 saturated carbocycles. The minimum absolute atomic E-state index is 0. The Balaban J connectivity index is 0.00000256. The maximum Gasteiger partial charge on any atom is 0.270 e. The van der Waals surface area contributed by atoms with Gasteiger partial charge in [-0.1, -0.05) is 25.6 Å². The lowest BCUT2D eigenvalue weighted by Crippen LogP contribution is -2.39. The summed E-state index contributed by atoms with van der Waals surface area (Å²) < 4.78 is 25.8. The van der Waals surface area contributed by atoms with Crippen LogP contribution in [-0.4, -0.2) is 42.2 Å². The van der Waals surface area contributed by atoms with E-state index < -0.39 is 6.17 Å². The summed E-state index contributed by atoms with van der Waals surface area (Å²) in [5.41, 5.74) is 1.55. The molecule has 1 unspecified atom stereocenters. The number of hydrogen-bond donors (Lipinski definition) is 1. The molecule has 1 amide bonds. The number of nitrogens with one attached hydrogen (secondary N) is 1. The molecule has 1 aliphatic heterocycles. The standard InChI is InChI=1S/C22H22FN3O3.CH4/c1-28-20-7-6-14(13-24-20)21(23)17-12-19(26-18-5-3-2-4-16(17)18)22(27)25-15-8-10-29-11-9-15;/h2-7,12-13,15,21H,8-11H2,1H3,(H,25,27);1H4. The Kier molecular flexibility index (Phi) is 6.95. The number of rotatable bonds is 5. The van der Waals surface area contributed by atoms with Gasteiger partial charge in [0.15, 0.2) is 6.17 Å². The first-order chi connectivity index (χ1) is 14.2. The number of para-hydroxylation sites is 1. The van der Waals surface area contributed by atoms with Crippen molar-refractivity contribution < 1.29 is 18.7 Å². The number of halogens is 1. The molecule has 6 nitrogen and oxygen atoms in total. The van der Waals surface area contributed by atoms with Crippen molar-refractivity contribution >= 4 is 16.8 Å². The van der Waals surface area contributed by atoms with Crippen molar-refractivity contribution in [2.45, 2.75) is 32.5 Å². The van der Waals surface area contributed by atoms with Crippen LogP contribution in [0.15, 0.2) is 48.7 Å². The van der Waals surface area contributed by atoms with Gasteiger partial charge in [-0.05, 0) is 31.0 Å². The van der Waals surface area contributed by atoms with E-state index in [-0.39, 0.29) is 25.1 Å². The van der Waals surface area contributed by atoms with E-state index in [0.717, 1.165) is 12.8 Å². The van der Waals surface area contributed by atoms with Crippen LogP contribution in [0.5, 0.6) is 5.88 Å². The van der Waals surface area contributed by atoms with Crippen LogP contribution in [0.1, 0.15) is 48.1 Å². The summed E-state index contributed by atoms with van der Waals surface area (Å²) in [6.07, 6.45) is 1.52. The quantitative estimate of drug-likeness (QED) is 0.680. The van der Waals surface area contributed by atoms with E-state index in [1.165, 1.54) is 19.4 Å². The van der Waals surface area contributed by atoms with Crippen molar-refractivity contribution in [3.63, 3.8) is 0 Å². The lowest BCUT2D eigenvalue weighted by Gasteiger charge is -2.23. The second kappa shape index (κ2) is 9.63. The average molecular weight is 411 g/mol. The third-order valence-electron chi connectivity index (χ3n) is 5.07. The van der Waals surface area contributed by atoms with E-state index in [0.29, 0.717) is 41.1 Å². The number of fused-ring (bicyclic) bond motifs is 1. The second-order valence-corrected chi connectivity index (χ2v) is 6.97. The van der Waals surface area contributed by atoms with Crippen LogP contribution in [0, 0.1) is 0 Å². The molecule has 1 aromatic carbocycles. The summed E-state index contributed by atoms with van der Waals surface area (Å²) in [6.45, 7) is 1.25. The number of ether oxygens (including phenoxy) is 2. The molecule has 1 fully saturated rings. The van der Waals surface area contributed by atoms with Gasteiger partial charge in [0, 0.05) is 48.0 Å². The van der Waals surface area contributed by atoms with Gasteiger partial charge < -0.3 is 14.8 Å². The number of amides is 1. The van der Waals surface area contributed by atoms with Crippen LogP contribution >= 0.6 is 0 Å². The molecule has 30 heavy (non-hydrogen) atoms. The van der Waals surface area contributed by atoms with Crippen molar-refractivity contribution in [3.05, 3.63) is 65.5 Å². The molecule has 2 aromatic heterocycles. The Hall–Kier alpha value is -3.06. The number of nitrogens with zero attached hydrogens (tertiary/aromatic N) is 2. The first kappa shape index (κ1) is 21.6. The number of carbonyl (C=O) groups is 1. The fourth-order valence-corrected chi connectivity index (χ4v) is 3.47. The van der Waals surface area contributed by atoms with Crippen LogP contribution in [-0.2, 0) is 4.74 Å². The van der Waals surface area contributed by atoms with E-state index in [4.69, 9.17) is 9.47 Å². The van der Waals surface area contributed by atoms with Gasteiger partial charge in [0.25, 0.3) is 5.91 Å². The molecule has 158 valence electrons. The monoisotopic (exact) mass is 411 g/mol. The topological polar surface area (TPSA) is 73.3 Å². The zero-order valence-corrected chi connectivity index (χ0v) is 16.1. The van der Waals surface area contributed by atoms with E-state index in [2.05, 4.69) is 15.3 Å². The highest BCUT2D eigenvalue weighted by Gasteiger charge is 2.22. The summed E-state index contributed by atoms with van der Waals surface area (Å²) in [7, 11) is 1.51. The smallest absolute Gasteiger partial charge is 0.270 e. The highest BCUT2D eigenvalue weighted by molar-refractivity contribution is 5.96. The first-order valence-corrected chi connectivity index (χ1v) is 9.58. The lowest BCUT2D eigenvalue weighted by molar-refractivity contribution is 0.0694. The van der Waals surface area contributed by atoms with Gasteiger partial charge in [-0.25, -0.2) is 14.4 Å². The van der Waals surface area contributed by atoms with Crippen molar-refractivity contribution in [2.24, 2.45) is 0 Å². The van der Waals surface area contributed by atoms with Crippen LogP contribution in [0.3, 0.4) is 0 Å². The molecule has 0 bridgehead atoms. The van der Waals surface area contributed by atoms with Gasteiger partial charge >= 0.3 is 0 Å². The van der Waals surface area contributed by atoms with Gasteiger partial charge in [0.05, 0.1) is 12.6 Å². The molecule has 4 rings (SSSR count). The number of alkyl halides is 1. The molecule has 0 spiro atoms. The van der Waals surface area contributed by atoms with Gasteiger partial charge in [0.2, 0.25) is 5.88 Å². The zero-order chi connectivity index (χ0) is 20.2. The molecular weight excluding hydrogens is 385 g/mol. The predicted octanol–water partition coefficient (Wildman–Crippen LogP) is 4.24. The minimum Gasteiger partial charge on any atom is -0.481 e. The number of benzene rings is 1. The number of carbonyl (C=O) groups excluding carboxylic acids is 1. The molecule has 1 saturated heterocycles. The van der Waals surface area contributed by atoms with E-state index in [9.17, 15) is 4.79 Å². The third-order valence-corrected chi connectivity index (χ3v) is 5.07. The maximum atomic E-state index is 15.5. The van der Waals surface area contributed by atoms with E-state index >= 15 is 4.39 Å². The Morgan fingerprint density at radius 1 is 1.23 bits per heavy atom. The zero-order valence-electron chi connectivity index (χ0n) is 16.1. The Morgan fingerprint density at radius 2 is 2.00 bits per heavy atom. The molecular formula is C23H26FN3O3. The molecule has 3 heterocycles. The predicted molar refractivity (Wildman–Crippen MR) is 114 cm³/mol. The third kappa shape index (κ3) is 4.57. The normalized spacial score (nSPS) is 15.3.